The van der Waals surface area contributed by atoms with Gasteiger partial charge in [0, 0.05) is 51.1 Å². The van der Waals surface area contributed by atoms with Gasteiger partial charge in [-0.25, -0.2) is 18.4 Å². The number of fused-ring (bicyclic) bond motifs is 1. The number of nitrogens with one attached hydrogen (secondary N) is 1. The zero-order valence-corrected chi connectivity index (χ0v) is 16.5. The van der Waals surface area contributed by atoms with Gasteiger partial charge in [0.25, 0.3) is 0 Å². The van der Waals surface area contributed by atoms with Crippen LogP contribution < -0.4 is 5.32 Å². The molecule has 2 aromatic rings. The number of sulfonamides is 1. The number of hydrogen-bond acceptors (Lipinski definition) is 6. The van der Waals surface area contributed by atoms with Gasteiger partial charge in [0.2, 0.25) is 10.0 Å². The van der Waals surface area contributed by atoms with E-state index in [9.17, 15) is 8.42 Å². The van der Waals surface area contributed by atoms with Crippen LogP contribution in [0, 0.1) is 0 Å². The molecule has 27 heavy (non-hydrogen) atoms. The van der Waals surface area contributed by atoms with Crippen LogP contribution in [0.3, 0.4) is 0 Å². The summed E-state index contributed by atoms with van der Waals surface area (Å²) in [5, 5.41) is 3.20. The van der Waals surface area contributed by atoms with Gasteiger partial charge < -0.3 is 10.2 Å². The molecule has 7 nitrogen and oxygen atoms in total. The predicted molar refractivity (Wildman–Crippen MR) is 104 cm³/mol. The number of benzene rings is 1. The molecule has 0 amide bonds. The van der Waals surface area contributed by atoms with Crippen LogP contribution in [0.1, 0.15) is 29.4 Å². The first-order valence-electron chi connectivity index (χ1n) is 9.30. The number of rotatable bonds is 4. The van der Waals surface area contributed by atoms with E-state index in [1.54, 1.807) is 28.6 Å². The predicted octanol–water partition coefficient (Wildman–Crippen LogP) is 1.68. The third-order valence-corrected chi connectivity index (χ3v) is 7.28. The lowest BCUT2D eigenvalue weighted by Crippen LogP contribution is -2.30. The maximum absolute atomic E-state index is 12.9. The third kappa shape index (κ3) is 3.44. The fraction of sp³-hybridized carbons (Fsp3) is 0.474. The van der Waals surface area contributed by atoms with E-state index in [0.717, 1.165) is 48.8 Å². The van der Waals surface area contributed by atoms with Gasteiger partial charge in [-0.2, -0.15) is 4.31 Å². The van der Waals surface area contributed by atoms with Crippen molar-refractivity contribution in [2.24, 2.45) is 0 Å². The molecule has 144 valence electrons. The fourth-order valence-electron chi connectivity index (χ4n) is 3.86. The van der Waals surface area contributed by atoms with Crippen molar-refractivity contribution >= 4 is 15.8 Å². The lowest BCUT2D eigenvalue weighted by atomic mass is 10.0. The summed E-state index contributed by atoms with van der Waals surface area (Å²) in [5.41, 5.74) is 2.24. The van der Waals surface area contributed by atoms with Crippen molar-refractivity contribution in [1.82, 2.24) is 19.2 Å². The molecular formula is C19H25N5O2S. The first-order valence-corrected chi connectivity index (χ1v) is 10.7. The van der Waals surface area contributed by atoms with Gasteiger partial charge in [-0.15, -0.1) is 0 Å². The Morgan fingerprint density at radius 1 is 1.15 bits per heavy atom. The number of hydrogen-bond donors (Lipinski definition) is 1. The van der Waals surface area contributed by atoms with Crippen LogP contribution in [-0.4, -0.2) is 61.3 Å². The molecule has 1 aromatic heterocycles. The van der Waals surface area contributed by atoms with Crippen molar-refractivity contribution in [2.75, 3.05) is 39.0 Å². The van der Waals surface area contributed by atoms with Crippen molar-refractivity contribution < 1.29 is 8.42 Å². The van der Waals surface area contributed by atoms with Gasteiger partial charge in [-0.3, -0.25) is 0 Å². The highest BCUT2D eigenvalue weighted by Gasteiger charge is 2.35. The molecule has 8 heteroatoms. The molecular weight excluding hydrogens is 362 g/mol. The Morgan fingerprint density at radius 2 is 1.93 bits per heavy atom. The smallest absolute Gasteiger partial charge is 0.243 e. The van der Waals surface area contributed by atoms with E-state index in [4.69, 9.17) is 9.97 Å². The third-order valence-electron chi connectivity index (χ3n) is 5.40. The Hall–Kier alpha value is -2.03. The number of nitrogens with zero attached hydrogens (tertiary/aromatic N) is 4. The molecule has 1 N–H and O–H groups in total. The molecule has 0 saturated carbocycles. The van der Waals surface area contributed by atoms with E-state index in [1.165, 1.54) is 0 Å². The van der Waals surface area contributed by atoms with Crippen molar-refractivity contribution in [3.05, 3.63) is 47.4 Å². The van der Waals surface area contributed by atoms with Gasteiger partial charge in [-0.05, 0) is 25.6 Å². The van der Waals surface area contributed by atoms with E-state index in [0.29, 0.717) is 18.0 Å². The molecule has 2 aliphatic rings. The maximum Gasteiger partial charge on any atom is 0.243 e. The van der Waals surface area contributed by atoms with E-state index < -0.39 is 10.0 Å². The molecule has 1 fully saturated rings. The van der Waals surface area contributed by atoms with Gasteiger partial charge in [0.05, 0.1) is 10.6 Å². The Bertz CT molecular complexity index is 915. The molecule has 3 heterocycles. The SMILES string of the molecule is CNc1nc([C@H]2CCN(S(=O)(=O)c3ccccc3)C2)nc2c1CN(C)CC2. The Labute approximate surface area is 160 Å². The average molecular weight is 388 g/mol. The first kappa shape index (κ1) is 18.3. The minimum Gasteiger partial charge on any atom is -0.373 e. The Kier molecular flexibility index (Phi) is 4.88. The lowest BCUT2D eigenvalue weighted by Gasteiger charge is -2.26. The molecule has 0 bridgehead atoms. The largest absolute Gasteiger partial charge is 0.373 e. The van der Waals surface area contributed by atoms with Crippen LogP contribution in [0.2, 0.25) is 0 Å². The van der Waals surface area contributed by atoms with E-state index >= 15 is 0 Å². The molecule has 0 spiro atoms. The summed E-state index contributed by atoms with van der Waals surface area (Å²) in [7, 11) is 0.509. The van der Waals surface area contributed by atoms with Crippen LogP contribution in [0.25, 0.3) is 0 Å². The summed E-state index contributed by atoms with van der Waals surface area (Å²) in [6.45, 7) is 2.75. The highest BCUT2D eigenvalue weighted by atomic mass is 32.2. The van der Waals surface area contributed by atoms with Crippen LogP contribution in [0.4, 0.5) is 5.82 Å². The number of aromatic nitrogens is 2. The van der Waals surface area contributed by atoms with E-state index in [-0.39, 0.29) is 5.92 Å². The summed E-state index contributed by atoms with van der Waals surface area (Å²) in [4.78, 5) is 12.2. The van der Waals surface area contributed by atoms with Crippen molar-refractivity contribution in [1.29, 1.82) is 0 Å². The second-order valence-corrected chi connectivity index (χ2v) is 9.19. The molecule has 0 radical (unpaired) electrons. The summed E-state index contributed by atoms with van der Waals surface area (Å²) < 4.78 is 27.3. The standard InChI is InChI=1S/C19H25N5O2S/c1-20-19-16-13-23(2)10-9-17(16)21-18(22-19)14-8-11-24(12-14)27(25,26)15-6-4-3-5-7-15/h3-7,14H,8-13H2,1-2H3,(H,20,21,22)/t14-/m0/s1. The number of likely N-dealkylation sites (N-methyl/N-ethyl adjacent to an activating group) is 1. The maximum atomic E-state index is 12.9. The Balaban J connectivity index is 1.59. The number of anilines is 1. The molecule has 1 aromatic carbocycles. The quantitative estimate of drug-likeness (QED) is 0.860. The summed E-state index contributed by atoms with van der Waals surface area (Å²) in [6, 6.07) is 8.62. The molecule has 0 aliphatic carbocycles. The van der Waals surface area contributed by atoms with E-state index in [1.807, 2.05) is 13.1 Å². The highest BCUT2D eigenvalue weighted by Crippen LogP contribution is 2.32. The average Bonchev–Trinajstić information content (AvgIpc) is 3.19. The van der Waals surface area contributed by atoms with E-state index in [2.05, 4.69) is 17.3 Å². The van der Waals surface area contributed by atoms with Crippen molar-refractivity contribution in [3.63, 3.8) is 0 Å². The Morgan fingerprint density at radius 3 is 2.67 bits per heavy atom. The highest BCUT2D eigenvalue weighted by molar-refractivity contribution is 7.89. The molecule has 0 unspecified atom stereocenters. The van der Waals surface area contributed by atoms with Gasteiger partial charge >= 0.3 is 0 Å². The normalized spacial score (nSPS) is 21.2. The van der Waals surface area contributed by atoms with Gasteiger partial charge in [-0.1, -0.05) is 18.2 Å². The summed E-state index contributed by atoms with van der Waals surface area (Å²) >= 11 is 0. The lowest BCUT2D eigenvalue weighted by molar-refractivity contribution is 0.309. The summed E-state index contributed by atoms with van der Waals surface area (Å²) in [6.07, 6.45) is 1.64. The first-order chi connectivity index (χ1) is 13.0. The summed E-state index contributed by atoms with van der Waals surface area (Å²) in [5.74, 6) is 1.65. The molecule has 1 atom stereocenters. The van der Waals surface area contributed by atoms with Gasteiger partial charge in [0.15, 0.2) is 0 Å². The molecule has 2 aliphatic heterocycles. The zero-order chi connectivity index (χ0) is 19.0. The van der Waals surface area contributed by atoms with Crippen LogP contribution in [0.5, 0.6) is 0 Å². The minimum absolute atomic E-state index is 0.0283. The molecule has 1 saturated heterocycles. The second kappa shape index (κ2) is 7.18. The minimum atomic E-state index is -3.46. The zero-order valence-electron chi connectivity index (χ0n) is 15.7. The van der Waals surface area contributed by atoms with Crippen LogP contribution >= 0.6 is 0 Å². The van der Waals surface area contributed by atoms with Crippen LogP contribution in [0.15, 0.2) is 35.2 Å². The second-order valence-electron chi connectivity index (χ2n) is 7.26. The fourth-order valence-corrected chi connectivity index (χ4v) is 5.38. The molecule has 4 rings (SSSR count). The monoisotopic (exact) mass is 387 g/mol. The van der Waals surface area contributed by atoms with Crippen molar-refractivity contribution in [3.8, 4) is 0 Å². The van der Waals surface area contributed by atoms with Crippen molar-refractivity contribution in [2.45, 2.75) is 30.2 Å². The van der Waals surface area contributed by atoms with Gasteiger partial charge in [0.1, 0.15) is 11.6 Å². The van der Waals surface area contributed by atoms with Crippen LogP contribution in [-0.2, 0) is 23.0 Å². The topological polar surface area (TPSA) is 78.4 Å².